The number of nitrogens with zero attached hydrogens (tertiary/aromatic N) is 1. The van der Waals surface area contributed by atoms with E-state index in [0.717, 1.165) is 27.4 Å². The fourth-order valence-corrected chi connectivity index (χ4v) is 3.09. The molecule has 4 aromatic rings. The number of nitrogens with one attached hydrogen (secondary N) is 1. The standard InChI is InChI=1S/C19H14N2O3/c22-18(23)11-21-10-15(13-6-2-4-8-17(13)21)14-9-12-5-1-3-7-16(12)20-19(14)24/h1-10H,11H2,(H,20,24)(H,22,23). The molecule has 0 saturated heterocycles. The first-order valence-corrected chi connectivity index (χ1v) is 7.55. The number of carbonyl (C=O) groups is 1. The lowest BCUT2D eigenvalue weighted by Gasteiger charge is -2.02. The van der Waals surface area contributed by atoms with Gasteiger partial charge in [-0.05, 0) is 23.6 Å². The highest BCUT2D eigenvalue weighted by Crippen LogP contribution is 2.29. The van der Waals surface area contributed by atoms with E-state index < -0.39 is 5.97 Å². The van der Waals surface area contributed by atoms with Gasteiger partial charge < -0.3 is 14.7 Å². The average molecular weight is 318 g/mol. The molecule has 5 nitrogen and oxygen atoms in total. The molecule has 0 amide bonds. The second kappa shape index (κ2) is 5.38. The summed E-state index contributed by atoms with van der Waals surface area (Å²) in [5.41, 5.74) is 2.66. The maximum atomic E-state index is 12.5. The molecule has 4 rings (SSSR count). The smallest absolute Gasteiger partial charge is 0.323 e. The number of pyridine rings is 1. The van der Waals surface area contributed by atoms with Crippen LogP contribution in [-0.4, -0.2) is 20.6 Å². The maximum Gasteiger partial charge on any atom is 0.323 e. The van der Waals surface area contributed by atoms with E-state index >= 15 is 0 Å². The number of aliphatic carboxylic acids is 1. The summed E-state index contributed by atoms with van der Waals surface area (Å²) in [5.74, 6) is -0.922. The van der Waals surface area contributed by atoms with Crippen molar-refractivity contribution in [2.45, 2.75) is 6.54 Å². The molecular formula is C19H14N2O3. The third kappa shape index (κ3) is 2.27. The summed E-state index contributed by atoms with van der Waals surface area (Å²) in [6.07, 6.45) is 1.73. The molecule has 0 aliphatic carbocycles. The average Bonchev–Trinajstić information content (AvgIpc) is 2.92. The summed E-state index contributed by atoms with van der Waals surface area (Å²) in [6.45, 7) is -0.147. The number of H-pyrrole nitrogens is 1. The number of fused-ring (bicyclic) bond motifs is 2. The van der Waals surface area contributed by atoms with Crippen LogP contribution in [0.3, 0.4) is 0 Å². The predicted molar refractivity (Wildman–Crippen MR) is 93.1 cm³/mol. The minimum Gasteiger partial charge on any atom is -0.480 e. The van der Waals surface area contributed by atoms with E-state index in [1.807, 2.05) is 54.6 Å². The Bertz CT molecular complexity index is 1140. The lowest BCUT2D eigenvalue weighted by atomic mass is 10.0. The maximum absolute atomic E-state index is 12.5. The number of aromatic amines is 1. The Labute approximate surface area is 136 Å². The first kappa shape index (κ1) is 14.3. The molecule has 0 unspecified atom stereocenters. The Kier molecular flexibility index (Phi) is 3.20. The topological polar surface area (TPSA) is 75.1 Å². The number of carboxylic acid groups (broad SMARTS) is 1. The lowest BCUT2D eigenvalue weighted by Crippen LogP contribution is -2.09. The highest BCUT2D eigenvalue weighted by molar-refractivity contribution is 5.98. The van der Waals surface area contributed by atoms with Gasteiger partial charge >= 0.3 is 5.97 Å². The fourth-order valence-electron chi connectivity index (χ4n) is 3.09. The van der Waals surface area contributed by atoms with Gasteiger partial charge in [0, 0.05) is 33.7 Å². The van der Waals surface area contributed by atoms with Crippen molar-refractivity contribution in [2.24, 2.45) is 0 Å². The van der Waals surface area contributed by atoms with E-state index in [0.29, 0.717) is 5.56 Å². The number of hydrogen-bond acceptors (Lipinski definition) is 2. The molecule has 0 saturated carbocycles. The van der Waals surface area contributed by atoms with E-state index in [9.17, 15) is 9.59 Å². The fraction of sp³-hybridized carbons (Fsp3) is 0.0526. The van der Waals surface area contributed by atoms with Crippen LogP contribution in [0, 0.1) is 0 Å². The van der Waals surface area contributed by atoms with Crippen LogP contribution in [0.15, 0.2) is 65.6 Å². The van der Waals surface area contributed by atoms with E-state index in [4.69, 9.17) is 5.11 Å². The van der Waals surface area contributed by atoms with Gasteiger partial charge in [-0.1, -0.05) is 36.4 Å². The molecule has 0 radical (unpaired) electrons. The van der Waals surface area contributed by atoms with E-state index in [1.54, 1.807) is 10.8 Å². The van der Waals surface area contributed by atoms with Gasteiger partial charge in [0.2, 0.25) is 0 Å². The molecule has 2 aromatic carbocycles. The zero-order valence-electron chi connectivity index (χ0n) is 12.7. The van der Waals surface area contributed by atoms with Gasteiger partial charge in [0.1, 0.15) is 6.54 Å². The van der Waals surface area contributed by atoms with Crippen molar-refractivity contribution in [1.29, 1.82) is 0 Å². The summed E-state index contributed by atoms with van der Waals surface area (Å²) in [5, 5.41) is 10.9. The van der Waals surface area contributed by atoms with E-state index in [-0.39, 0.29) is 12.1 Å². The number of benzene rings is 2. The van der Waals surface area contributed by atoms with Crippen LogP contribution in [0.25, 0.3) is 32.9 Å². The SMILES string of the molecule is O=C(O)Cn1cc(-c2cc3ccccc3[nH]c2=O)c2ccccc21. The van der Waals surface area contributed by atoms with Gasteiger partial charge in [-0.2, -0.15) is 0 Å². The molecule has 24 heavy (non-hydrogen) atoms. The van der Waals surface area contributed by atoms with E-state index in [2.05, 4.69) is 4.98 Å². The highest BCUT2D eigenvalue weighted by atomic mass is 16.4. The number of hydrogen-bond donors (Lipinski definition) is 2. The quantitative estimate of drug-likeness (QED) is 0.609. The van der Waals surface area contributed by atoms with Crippen molar-refractivity contribution in [1.82, 2.24) is 9.55 Å². The van der Waals surface area contributed by atoms with Crippen molar-refractivity contribution < 1.29 is 9.90 Å². The van der Waals surface area contributed by atoms with Crippen LogP contribution in [0.2, 0.25) is 0 Å². The molecule has 0 fully saturated rings. The van der Waals surface area contributed by atoms with Crippen LogP contribution in [0.4, 0.5) is 0 Å². The number of rotatable bonds is 3. The molecule has 0 atom stereocenters. The molecular weight excluding hydrogens is 304 g/mol. The van der Waals surface area contributed by atoms with Crippen molar-refractivity contribution in [3.05, 3.63) is 71.1 Å². The molecule has 118 valence electrons. The summed E-state index contributed by atoms with van der Waals surface area (Å²) < 4.78 is 1.65. The van der Waals surface area contributed by atoms with Crippen LogP contribution >= 0.6 is 0 Å². The first-order chi connectivity index (χ1) is 11.6. The zero-order chi connectivity index (χ0) is 16.7. The normalized spacial score (nSPS) is 11.2. The minimum atomic E-state index is -0.922. The zero-order valence-corrected chi connectivity index (χ0v) is 12.7. The summed E-state index contributed by atoms with van der Waals surface area (Å²) in [4.78, 5) is 26.5. The molecule has 0 aliphatic rings. The van der Waals surface area contributed by atoms with E-state index in [1.165, 1.54) is 0 Å². The van der Waals surface area contributed by atoms with Gasteiger partial charge in [-0.15, -0.1) is 0 Å². The molecule has 0 spiro atoms. The largest absolute Gasteiger partial charge is 0.480 e. The molecule has 0 bridgehead atoms. The minimum absolute atomic E-state index is 0.147. The number of carboxylic acids is 1. The first-order valence-electron chi connectivity index (χ1n) is 7.55. The molecule has 0 aliphatic heterocycles. The van der Waals surface area contributed by atoms with Crippen LogP contribution < -0.4 is 5.56 Å². The summed E-state index contributed by atoms with van der Waals surface area (Å²) in [7, 11) is 0. The third-order valence-corrected chi connectivity index (χ3v) is 4.14. The summed E-state index contributed by atoms with van der Waals surface area (Å²) in [6, 6.07) is 16.9. The third-order valence-electron chi connectivity index (χ3n) is 4.14. The van der Waals surface area contributed by atoms with Crippen molar-refractivity contribution in [3.8, 4) is 11.1 Å². The van der Waals surface area contributed by atoms with Crippen molar-refractivity contribution >= 4 is 27.8 Å². The second-order valence-electron chi connectivity index (χ2n) is 5.68. The molecule has 5 heteroatoms. The molecule has 2 heterocycles. The Morgan fingerprint density at radius 1 is 1.04 bits per heavy atom. The number of para-hydroxylation sites is 2. The van der Waals surface area contributed by atoms with Crippen LogP contribution in [0.5, 0.6) is 0 Å². The highest BCUT2D eigenvalue weighted by Gasteiger charge is 2.14. The molecule has 2 N–H and O–H groups in total. The van der Waals surface area contributed by atoms with Crippen LogP contribution in [0.1, 0.15) is 0 Å². The van der Waals surface area contributed by atoms with Gasteiger partial charge in [0.25, 0.3) is 5.56 Å². The monoisotopic (exact) mass is 318 g/mol. The lowest BCUT2D eigenvalue weighted by molar-refractivity contribution is -0.137. The Morgan fingerprint density at radius 2 is 1.79 bits per heavy atom. The van der Waals surface area contributed by atoms with Gasteiger partial charge in [0.05, 0.1) is 0 Å². The Balaban J connectivity index is 2.01. The van der Waals surface area contributed by atoms with Crippen LogP contribution in [-0.2, 0) is 11.3 Å². The van der Waals surface area contributed by atoms with Gasteiger partial charge in [-0.3, -0.25) is 9.59 Å². The van der Waals surface area contributed by atoms with Crippen molar-refractivity contribution in [3.63, 3.8) is 0 Å². The summed E-state index contributed by atoms with van der Waals surface area (Å²) >= 11 is 0. The second-order valence-corrected chi connectivity index (χ2v) is 5.68. The Morgan fingerprint density at radius 3 is 2.62 bits per heavy atom. The van der Waals surface area contributed by atoms with Gasteiger partial charge in [-0.25, -0.2) is 0 Å². The molecule has 2 aromatic heterocycles. The predicted octanol–water partition coefficient (Wildman–Crippen LogP) is 3.23. The Hall–Kier alpha value is -3.34. The number of aromatic nitrogens is 2. The van der Waals surface area contributed by atoms with Gasteiger partial charge in [0.15, 0.2) is 0 Å². The van der Waals surface area contributed by atoms with Crippen molar-refractivity contribution in [2.75, 3.05) is 0 Å².